The van der Waals surface area contributed by atoms with Crippen molar-refractivity contribution < 1.29 is 14.6 Å². The van der Waals surface area contributed by atoms with Crippen LogP contribution in [-0.4, -0.2) is 31.7 Å². The Labute approximate surface area is 176 Å². The summed E-state index contributed by atoms with van der Waals surface area (Å²) in [7, 11) is 0. The number of aryl methyl sites for hydroxylation is 1. The largest absolute Gasteiger partial charge is 0.436 e. The van der Waals surface area contributed by atoms with Crippen molar-refractivity contribution in [2.24, 2.45) is 5.73 Å². The minimum absolute atomic E-state index is 0.0819. The first kappa shape index (κ1) is 19.6. The molecule has 0 fully saturated rings. The van der Waals surface area contributed by atoms with E-state index >= 15 is 0 Å². The highest BCUT2D eigenvalue weighted by atomic mass is 35.5. The first-order chi connectivity index (χ1) is 14.0. The first-order valence-electron chi connectivity index (χ1n) is 8.80. The van der Waals surface area contributed by atoms with Crippen LogP contribution in [-0.2, 0) is 17.8 Å². The Morgan fingerprint density at radius 3 is 2.72 bits per heavy atom. The third kappa shape index (κ3) is 3.91. The van der Waals surface area contributed by atoms with E-state index in [2.05, 4.69) is 15.0 Å². The lowest BCUT2D eigenvalue weighted by molar-refractivity contribution is -0.115. The number of fused-ring (bicyclic) bond motifs is 2. The molecule has 0 atom stereocenters. The van der Waals surface area contributed by atoms with Gasteiger partial charge in [0.1, 0.15) is 5.03 Å². The molecule has 9 heteroatoms. The number of carbonyl (C=O) groups is 1. The molecule has 7 nitrogen and oxygen atoms in total. The number of nitrogens with zero attached hydrogens (tertiary/aromatic N) is 3. The Balaban J connectivity index is 1.84. The van der Waals surface area contributed by atoms with Gasteiger partial charge in [-0.3, -0.25) is 9.78 Å². The molecule has 29 heavy (non-hydrogen) atoms. The number of nitrogens with two attached hydrogens (primary N) is 1. The summed E-state index contributed by atoms with van der Waals surface area (Å²) in [6.45, 7) is 1.69. The van der Waals surface area contributed by atoms with Gasteiger partial charge in [-0.05, 0) is 31.2 Å². The number of ether oxygens (including phenoxy) is 1. The zero-order valence-electron chi connectivity index (χ0n) is 15.5. The predicted molar refractivity (Wildman–Crippen MR) is 110 cm³/mol. The van der Waals surface area contributed by atoms with Crippen LogP contribution >= 0.6 is 23.4 Å². The number of aliphatic hydroxyl groups excluding tert-OH is 1. The molecular formula is C20H17ClN4O3S. The van der Waals surface area contributed by atoms with Crippen LogP contribution in [0.5, 0.6) is 11.6 Å². The fraction of sp³-hybridized carbons (Fsp3) is 0.200. The van der Waals surface area contributed by atoms with Crippen LogP contribution in [0.3, 0.4) is 0 Å². The summed E-state index contributed by atoms with van der Waals surface area (Å²) in [6.07, 6.45) is 2.10. The second-order valence-corrected chi connectivity index (χ2v) is 7.91. The van der Waals surface area contributed by atoms with E-state index in [1.165, 1.54) is 11.8 Å². The van der Waals surface area contributed by atoms with Crippen LogP contribution in [0.2, 0.25) is 5.02 Å². The number of benzene rings is 1. The number of primary amides is 1. The molecule has 0 saturated heterocycles. The second-order valence-electron chi connectivity index (χ2n) is 6.51. The summed E-state index contributed by atoms with van der Waals surface area (Å²) >= 11 is 7.22. The number of carbonyl (C=O) groups excluding carboxylic acids is 1. The summed E-state index contributed by atoms with van der Waals surface area (Å²) in [6, 6.07) is 7.15. The maximum atomic E-state index is 11.3. The van der Waals surface area contributed by atoms with Gasteiger partial charge in [0.15, 0.2) is 11.6 Å². The SMILES string of the molecule is Cc1ncc(CO)c2c1Oc1nc(-c3ccc(Cl)cc3)nc(SCC(N)=O)c1C2. The highest BCUT2D eigenvalue weighted by Gasteiger charge is 2.27. The summed E-state index contributed by atoms with van der Waals surface area (Å²) in [5, 5.41) is 10.9. The smallest absolute Gasteiger partial charge is 0.227 e. The number of thioether (sulfide) groups is 1. The molecule has 1 aliphatic rings. The molecule has 0 radical (unpaired) electrons. The van der Waals surface area contributed by atoms with Gasteiger partial charge in [-0.2, -0.15) is 4.98 Å². The van der Waals surface area contributed by atoms with E-state index in [9.17, 15) is 9.90 Å². The third-order valence-corrected chi connectivity index (χ3v) is 5.80. The van der Waals surface area contributed by atoms with Crippen molar-refractivity contribution in [1.29, 1.82) is 0 Å². The number of hydrogen-bond donors (Lipinski definition) is 2. The molecule has 1 amide bonds. The summed E-state index contributed by atoms with van der Waals surface area (Å²) in [5.41, 5.74) is 9.09. The van der Waals surface area contributed by atoms with Gasteiger partial charge in [0.25, 0.3) is 0 Å². The Morgan fingerprint density at radius 1 is 1.28 bits per heavy atom. The molecule has 1 aliphatic heterocycles. The Hall–Kier alpha value is -2.68. The molecule has 0 bridgehead atoms. The van der Waals surface area contributed by atoms with E-state index in [4.69, 9.17) is 22.1 Å². The molecule has 2 aromatic heterocycles. The van der Waals surface area contributed by atoms with Crippen molar-refractivity contribution in [3.05, 3.63) is 57.9 Å². The monoisotopic (exact) mass is 428 g/mol. The summed E-state index contributed by atoms with van der Waals surface area (Å²) in [5.74, 6) is 1.10. The van der Waals surface area contributed by atoms with Crippen LogP contribution in [0.1, 0.15) is 22.4 Å². The van der Waals surface area contributed by atoms with Crippen LogP contribution in [0.25, 0.3) is 11.4 Å². The van der Waals surface area contributed by atoms with Gasteiger partial charge in [0.05, 0.1) is 23.6 Å². The van der Waals surface area contributed by atoms with Crippen LogP contribution in [0.4, 0.5) is 0 Å². The van der Waals surface area contributed by atoms with Crippen molar-refractivity contribution in [1.82, 2.24) is 15.0 Å². The number of aliphatic hydroxyl groups is 1. The average Bonchev–Trinajstić information content (AvgIpc) is 2.71. The topological polar surface area (TPSA) is 111 Å². The molecule has 148 valence electrons. The normalized spacial score (nSPS) is 12.1. The van der Waals surface area contributed by atoms with E-state index in [0.29, 0.717) is 45.2 Å². The molecule has 3 aromatic rings. The number of halogens is 1. The van der Waals surface area contributed by atoms with Gasteiger partial charge in [0, 0.05) is 34.3 Å². The van der Waals surface area contributed by atoms with Crippen LogP contribution < -0.4 is 10.5 Å². The summed E-state index contributed by atoms with van der Waals surface area (Å²) in [4.78, 5) is 24.9. The van der Waals surface area contributed by atoms with Gasteiger partial charge >= 0.3 is 0 Å². The van der Waals surface area contributed by atoms with E-state index in [-0.39, 0.29) is 12.4 Å². The fourth-order valence-electron chi connectivity index (χ4n) is 3.08. The second kappa shape index (κ2) is 7.98. The van der Waals surface area contributed by atoms with Gasteiger partial charge in [0.2, 0.25) is 11.8 Å². The first-order valence-corrected chi connectivity index (χ1v) is 10.2. The van der Waals surface area contributed by atoms with Crippen LogP contribution in [0, 0.1) is 6.92 Å². The lowest BCUT2D eigenvalue weighted by Crippen LogP contribution is -2.15. The number of rotatable bonds is 5. The van der Waals surface area contributed by atoms with Crippen molar-refractivity contribution >= 4 is 29.3 Å². The van der Waals surface area contributed by atoms with Crippen molar-refractivity contribution in [2.45, 2.75) is 25.0 Å². The number of hydrogen-bond acceptors (Lipinski definition) is 7. The fourth-order valence-corrected chi connectivity index (χ4v) is 3.97. The van der Waals surface area contributed by atoms with Crippen molar-refractivity contribution in [3.8, 4) is 23.0 Å². The summed E-state index contributed by atoms with van der Waals surface area (Å²) < 4.78 is 6.10. The maximum absolute atomic E-state index is 11.3. The molecule has 0 unspecified atom stereocenters. The lowest BCUT2D eigenvalue weighted by atomic mass is 9.99. The average molecular weight is 429 g/mol. The maximum Gasteiger partial charge on any atom is 0.227 e. The van der Waals surface area contributed by atoms with Gasteiger partial charge < -0.3 is 15.6 Å². The standard InChI is InChI=1S/C20H17ClN4O3S/c1-10-17-14(12(8-26)7-23-10)6-15-19(28-17)24-18(11-2-4-13(21)5-3-11)25-20(15)29-9-16(22)27/h2-5,7,26H,6,8-9H2,1H3,(H2,22,27). The zero-order valence-corrected chi connectivity index (χ0v) is 17.0. The molecule has 4 rings (SSSR count). The van der Waals surface area contributed by atoms with Crippen molar-refractivity contribution in [3.63, 3.8) is 0 Å². The lowest BCUT2D eigenvalue weighted by Gasteiger charge is -2.24. The zero-order chi connectivity index (χ0) is 20.5. The minimum Gasteiger partial charge on any atom is -0.436 e. The molecule has 0 spiro atoms. The molecule has 1 aromatic carbocycles. The van der Waals surface area contributed by atoms with Crippen LogP contribution in [0.15, 0.2) is 35.5 Å². The van der Waals surface area contributed by atoms with E-state index in [1.807, 2.05) is 19.1 Å². The quantitative estimate of drug-likeness (QED) is 0.370. The predicted octanol–water partition coefficient (Wildman–Crippen LogP) is 3.27. The number of aromatic nitrogens is 3. The Kier molecular flexibility index (Phi) is 5.40. The Bertz CT molecular complexity index is 1110. The highest BCUT2D eigenvalue weighted by Crippen LogP contribution is 2.42. The van der Waals surface area contributed by atoms with Gasteiger partial charge in [-0.25, -0.2) is 4.98 Å². The molecular weight excluding hydrogens is 412 g/mol. The Morgan fingerprint density at radius 2 is 2.03 bits per heavy atom. The third-order valence-electron chi connectivity index (χ3n) is 4.51. The van der Waals surface area contributed by atoms with E-state index in [0.717, 1.165) is 16.7 Å². The number of pyridine rings is 1. The molecule has 3 N–H and O–H groups in total. The van der Waals surface area contributed by atoms with E-state index < -0.39 is 5.91 Å². The molecule has 3 heterocycles. The molecule has 0 aliphatic carbocycles. The van der Waals surface area contributed by atoms with Gasteiger partial charge in [-0.1, -0.05) is 23.4 Å². The van der Waals surface area contributed by atoms with E-state index in [1.54, 1.807) is 18.3 Å². The number of amides is 1. The van der Waals surface area contributed by atoms with Gasteiger partial charge in [-0.15, -0.1) is 0 Å². The minimum atomic E-state index is -0.441. The van der Waals surface area contributed by atoms with Crippen molar-refractivity contribution in [2.75, 3.05) is 5.75 Å². The highest BCUT2D eigenvalue weighted by molar-refractivity contribution is 7.99. The molecule has 0 saturated carbocycles.